The molecule has 2 aromatic heterocycles. The van der Waals surface area contributed by atoms with Crippen LogP contribution in [-0.4, -0.2) is 48.8 Å². The number of aromatic nitrogens is 2. The Morgan fingerprint density at radius 2 is 1.80 bits per heavy atom. The third-order valence-electron chi connectivity index (χ3n) is 4.88. The summed E-state index contributed by atoms with van der Waals surface area (Å²) in [5.74, 6) is 0.553. The first kappa shape index (κ1) is 23.8. The lowest BCUT2D eigenvalue weighted by Crippen LogP contribution is -2.19. The van der Waals surface area contributed by atoms with E-state index in [4.69, 9.17) is 18.9 Å². The van der Waals surface area contributed by atoms with Crippen LogP contribution in [0.1, 0.15) is 21.6 Å². The number of nitrogens with zero attached hydrogens (tertiary/aromatic N) is 3. The van der Waals surface area contributed by atoms with E-state index in [2.05, 4.69) is 15.5 Å². The summed E-state index contributed by atoms with van der Waals surface area (Å²) in [6, 6.07) is 9.68. The average Bonchev–Trinajstić information content (AvgIpc) is 3.46. The standard InChI is InChI=1S/C24H22N4O6S/c1-31-19-10-16(11-20(32-2)22(19)33-3)23(30)34-18-6-4-15(5-7-18)13-25-27-21(29)12-17-14-28-8-9-35-24(28)26-17/h4-11,13-14H,12H2,1-3H3,(H,27,29)/b25-13-. The number of fused-ring (bicyclic) bond motifs is 1. The molecule has 0 aliphatic rings. The minimum Gasteiger partial charge on any atom is -0.493 e. The van der Waals surface area contributed by atoms with Crippen molar-refractivity contribution in [3.8, 4) is 23.0 Å². The zero-order valence-corrected chi connectivity index (χ0v) is 20.0. The summed E-state index contributed by atoms with van der Waals surface area (Å²) in [5, 5.41) is 5.89. The van der Waals surface area contributed by atoms with Crippen LogP contribution < -0.4 is 24.4 Å². The van der Waals surface area contributed by atoms with Crippen LogP contribution in [0.15, 0.2) is 59.3 Å². The predicted octanol–water partition coefficient (Wildman–Crippen LogP) is 3.33. The Balaban J connectivity index is 1.33. The van der Waals surface area contributed by atoms with Crippen molar-refractivity contribution in [1.29, 1.82) is 0 Å². The van der Waals surface area contributed by atoms with Crippen LogP contribution >= 0.6 is 11.3 Å². The van der Waals surface area contributed by atoms with Gasteiger partial charge >= 0.3 is 5.97 Å². The molecule has 0 aliphatic carbocycles. The van der Waals surface area contributed by atoms with Gasteiger partial charge < -0.3 is 18.9 Å². The number of hydrogen-bond donors (Lipinski definition) is 1. The highest BCUT2D eigenvalue weighted by Crippen LogP contribution is 2.38. The number of hydrazone groups is 1. The van der Waals surface area contributed by atoms with Crippen molar-refractivity contribution >= 4 is 34.4 Å². The number of benzene rings is 2. The molecular formula is C24H22N4O6S. The lowest BCUT2D eigenvalue weighted by atomic mass is 10.2. The minimum atomic E-state index is -0.586. The molecule has 0 aliphatic heterocycles. The summed E-state index contributed by atoms with van der Waals surface area (Å²) in [4.78, 5) is 29.9. The van der Waals surface area contributed by atoms with Gasteiger partial charge in [-0.2, -0.15) is 5.10 Å². The van der Waals surface area contributed by atoms with E-state index in [0.29, 0.717) is 34.3 Å². The second kappa shape index (κ2) is 10.7. The maximum Gasteiger partial charge on any atom is 0.343 e. The molecule has 4 rings (SSSR count). The van der Waals surface area contributed by atoms with E-state index in [9.17, 15) is 9.59 Å². The number of hydrogen-bond acceptors (Lipinski definition) is 9. The summed E-state index contributed by atoms with van der Waals surface area (Å²) < 4.78 is 23.1. The Labute approximate surface area is 204 Å². The van der Waals surface area contributed by atoms with E-state index in [0.717, 1.165) is 4.96 Å². The number of carbonyl (C=O) groups is 2. The Morgan fingerprint density at radius 3 is 2.43 bits per heavy atom. The number of nitrogens with one attached hydrogen (secondary N) is 1. The van der Waals surface area contributed by atoms with Crippen LogP contribution in [0.4, 0.5) is 0 Å². The van der Waals surface area contributed by atoms with E-state index in [-0.39, 0.29) is 17.9 Å². The second-order valence-corrected chi connectivity index (χ2v) is 8.04. The van der Waals surface area contributed by atoms with Crippen LogP contribution in [0.5, 0.6) is 23.0 Å². The molecule has 0 atom stereocenters. The van der Waals surface area contributed by atoms with Gasteiger partial charge in [-0.15, -0.1) is 11.3 Å². The number of rotatable bonds is 9. The van der Waals surface area contributed by atoms with Crippen LogP contribution in [0.2, 0.25) is 0 Å². The van der Waals surface area contributed by atoms with E-state index in [1.54, 1.807) is 24.3 Å². The first-order valence-corrected chi connectivity index (χ1v) is 11.2. The number of carbonyl (C=O) groups excluding carboxylic acids is 2. The first-order valence-electron chi connectivity index (χ1n) is 10.4. The lowest BCUT2D eigenvalue weighted by Gasteiger charge is -2.13. The Bertz CT molecular complexity index is 1320. The molecular weight excluding hydrogens is 472 g/mol. The van der Waals surface area contributed by atoms with Gasteiger partial charge in [0.15, 0.2) is 16.5 Å². The molecule has 1 N–H and O–H groups in total. The number of ether oxygens (including phenoxy) is 4. The van der Waals surface area contributed by atoms with E-state index in [1.807, 2.05) is 22.2 Å². The molecule has 0 bridgehead atoms. The molecule has 4 aromatic rings. The van der Waals surface area contributed by atoms with Gasteiger partial charge in [0.1, 0.15) is 5.75 Å². The lowest BCUT2D eigenvalue weighted by molar-refractivity contribution is -0.120. The quantitative estimate of drug-likeness (QED) is 0.164. The Hall–Kier alpha value is -4.38. The molecule has 0 fully saturated rings. The molecule has 2 aromatic carbocycles. The summed E-state index contributed by atoms with van der Waals surface area (Å²) in [6.07, 6.45) is 5.32. The smallest absolute Gasteiger partial charge is 0.343 e. The molecule has 10 nitrogen and oxygen atoms in total. The highest BCUT2D eigenvalue weighted by molar-refractivity contribution is 7.15. The fourth-order valence-corrected chi connectivity index (χ4v) is 3.95. The predicted molar refractivity (Wildman–Crippen MR) is 130 cm³/mol. The normalized spacial score (nSPS) is 10.9. The van der Waals surface area contributed by atoms with Crippen molar-refractivity contribution in [2.75, 3.05) is 21.3 Å². The van der Waals surface area contributed by atoms with Crippen molar-refractivity contribution < 1.29 is 28.5 Å². The SMILES string of the molecule is COc1cc(C(=O)Oc2ccc(/C=N\NC(=O)Cc3cn4ccsc4n3)cc2)cc(OC)c1OC. The number of esters is 1. The van der Waals surface area contributed by atoms with Gasteiger partial charge in [0.2, 0.25) is 11.7 Å². The van der Waals surface area contributed by atoms with Gasteiger partial charge in [-0.1, -0.05) is 0 Å². The summed E-state index contributed by atoms with van der Waals surface area (Å²) in [5.41, 5.74) is 4.10. The molecule has 0 spiro atoms. The fourth-order valence-electron chi connectivity index (χ4n) is 3.23. The van der Waals surface area contributed by atoms with Crippen LogP contribution in [-0.2, 0) is 11.2 Å². The molecule has 0 saturated carbocycles. The monoisotopic (exact) mass is 494 g/mol. The molecule has 0 saturated heterocycles. The van der Waals surface area contributed by atoms with Crippen LogP contribution in [0.25, 0.3) is 4.96 Å². The van der Waals surface area contributed by atoms with E-state index < -0.39 is 5.97 Å². The molecule has 35 heavy (non-hydrogen) atoms. The highest BCUT2D eigenvalue weighted by Gasteiger charge is 2.18. The van der Waals surface area contributed by atoms with Crippen molar-refractivity contribution in [3.05, 3.63) is 71.0 Å². The number of thiazole rings is 1. The van der Waals surface area contributed by atoms with Crippen molar-refractivity contribution in [1.82, 2.24) is 14.8 Å². The van der Waals surface area contributed by atoms with E-state index >= 15 is 0 Å². The van der Waals surface area contributed by atoms with Crippen molar-refractivity contribution in [3.63, 3.8) is 0 Å². The van der Waals surface area contributed by atoms with E-state index in [1.165, 1.54) is 51.0 Å². The Kier molecular flexibility index (Phi) is 7.27. The topological polar surface area (TPSA) is 113 Å². The average molecular weight is 495 g/mol. The number of amides is 1. The summed E-state index contributed by atoms with van der Waals surface area (Å²) in [6.45, 7) is 0. The van der Waals surface area contributed by atoms with Gasteiger partial charge in [-0.05, 0) is 42.0 Å². The molecule has 1 amide bonds. The Morgan fingerprint density at radius 1 is 1.09 bits per heavy atom. The molecule has 0 unspecified atom stereocenters. The van der Waals surface area contributed by atoms with Crippen LogP contribution in [0, 0.1) is 0 Å². The fraction of sp³-hybridized carbons (Fsp3) is 0.167. The second-order valence-electron chi connectivity index (χ2n) is 7.17. The zero-order chi connectivity index (χ0) is 24.8. The first-order chi connectivity index (χ1) is 17.0. The molecule has 2 heterocycles. The van der Waals surface area contributed by atoms with Crippen molar-refractivity contribution in [2.24, 2.45) is 5.10 Å². The van der Waals surface area contributed by atoms with Gasteiger partial charge in [-0.3, -0.25) is 9.20 Å². The van der Waals surface area contributed by atoms with Crippen LogP contribution in [0.3, 0.4) is 0 Å². The highest BCUT2D eigenvalue weighted by atomic mass is 32.1. The zero-order valence-electron chi connectivity index (χ0n) is 19.2. The maximum atomic E-state index is 12.6. The minimum absolute atomic E-state index is 0.127. The van der Waals surface area contributed by atoms with Gasteiger partial charge in [0.05, 0.1) is 45.2 Å². The summed E-state index contributed by atoms with van der Waals surface area (Å²) in [7, 11) is 4.42. The molecule has 0 radical (unpaired) electrons. The third kappa shape index (κ3) is 5.58. The molecule has 180 valence electrons. The van der Waals surface area contributed by atoms with Crippen molar-refractivity contribution in [2.45, 2.75) is 6.42 Å². The number of imidazole rings is 1. The van der Waals surface area contributed by atoms with Gasteiger partial charge in [0, 0.05) is 17.8 Å². The molecule has 11 heteroatoms. The van der Waals surface area contributed by atoms with Gasteiger partial charge in [0.25, 0.3) is 0 Å². The number of methoxy groups -OCH3 is 3. The van der Waals surface area contributed by atoms with Gasteiger partial charge in [-0.25, -0.2) is 15.2 Å². The summed E-state index contributed by atoms with van der Waals surface area (Å²) >= 11 is 1.50. The third-order valence-corrected chi connectivity index (χ3v) is 5.65. The maximum absolute atomic E-state index is 12.6. The largest absolute Gasteiger partial charge is 0.493 e.